The summed E-state index contributed by atoms with van der Waals surface area (Å²) < 4.78 is 313. The van der Waals surface area contributed by atoms with E-state index in [1.165, 1.54) is 11.1 Å². The summed E-state index contributed by atoms with van der Waals surface area (Å²) in [4.78, 5) is 4.78. The van der Waals surface area contributed by atoms with E-state index in [2.05, 4.69) is 114 Å². The number of anilines is 11. The monoisotopic (exact) mass is 1780 g/mol. The zero-order valence-electron chi connectivity index (χ0n) is 99.7. The molecule has 0 aliphatic heterocycles. The van der Waals surface area contributed by atoms with Gasteiger partial charge in [0.2, 0.25) is 0 Å². The lowest BCUT2D eigenvalue weighted by Crippen LogP contribution is -2.11. The van der Waals surface area contributed by atoms with Crippen LogP contribution in [0, 0.1) is 0 Å². The van der Waals surface area contributed by atoms with Crippen LogP contribution < -0.4 is 20.0 Å². The Morgan fingerprint density at radius 1 is 0.165 bits per heavy atom. The zero-order chi connectivity index (χ0) is 113. The second-order valence-corrected chi connectivity index (χ2v) is 28.3. The highest BCUT2D eigenvalue weighted by Gasteiger charge is 2.19. The van der Waals surface area contributed by atoms with E-state index in [9.17, 15) is 13.7 Å². The molecule has 0 unspecified atom stereocenters. The molecular formula is C114H85Br3N4. The number of nitrogens with zero attached hydrogens (tertiary/aromatic N) is 3. The van der Waals surface area contributed by atoms with Gasteiger partial charge in [0.05, 0.1) is 55.0 Å². The highest BCUT2D eigenvalue weighted by molar-refractivity contribution is 9.11. The highest BCUT2D eigenvalue weighted by atomic mass is 79.9. The maximum Gasteiger partial charge on any atom is 0.0645 e. The first-order valence-electron chi connectivity index (χ1n) is 55.5. The molecule has 0 amide bonds. The number of rotatable bonds is 19. The molecule has 582 valence electrons. The highest BCUT2D eigenvalue weighted by Crippen LogP contribution is 2.44. The van der Waals surface area contributed by atoms with E-state index in [-0.39, 0.29) is 30.5 Å². The quantitative estimate of drug-likeness (QED) is 0.0871. The molecule has 0 aromatic heterocycles. The molecule has 121 heavy (non-hydrogen) atoms. The second kappa shape index (κ2) is 40.3. The fourth-order valence-corrected chi connectivity index (χ4v) is 12.9. The van der Waals surface area contributed by atoms with Gasteiger partial charge >= 0.3 is 0 Å². The molecule has 0 spiro atoms. The molecule has 0 atom stereocenters. The zero-order valence-corrected chi connectivity index (χ0v) is 68.4. The van der Waals surface area contributed by atoms with Gasteiger partial charge in [0.1, 0.15) is 0 Å². The van der Waals surface area contributed by atoms with Crippen LogP contribution in [0.25, 0.3) is 89.0 Å². The Morgan fingerprint density at radius 3 is 0.653 bits per heavy atom. The predicted octanol–water partition coefficient (Wildman–Crippen LogP) is 34.5. The molecule has 0 aliphatic rings. The average Bonchev–Trinajstić information content (AvgIpc) is 0.721. The van der Waals surface area contributed by atoms with Gasteiger partial charge in [-0.25, -0.2) is 0 Å². The lowest BCUT2D eigenvalue weighted by molar-refractivity contribution is 1.28. The lowest BCUT2D eigenvalue weighted by Gasteiger charge is -2.28. The summed E-state index contributed by atoms with van der Waals surface area (Å²) in [7, 11) is 0. The first kappa shape index (κ1) is 48.0. The van der Waals surface area contributed by atoms with Crippen molar-refractivity contribution >= 4 is 110 Å². The minimum atomic E-state index is -0.736. The maximum absolute atomic E-state index is 9.39. The molecule has 0 heterocycles. The third kappa shape index (κ3) is 20.9. The van der Waals surface area contributed by atoms with Crippen molar-refractivity contribution in [3.63, 3.8) is 0 Å². The van der Waals surface area contributed by atoms with Gasteiger partial charge in [0.25, 0.3) is 0 Å². The molecule has 19 rings (SSSR count). The van der Waals surface area contributed by atoms with Crippen molar-refractivity contribution in [2.75, 3.05) is 20.0 Å². The SMILES string of the molecule is [2H]c1c([2H])c(-c2c([2H])c([2H])c(-c3c([2H])c([2H])c(Br)c([2H])c3[2H])c([2H])c2[2H])c([2H])c([2H])c1Br.[2H]c1c([2H])c(-c2c([2H])c([2H])c(-c3c([2H])c([2H])c(N(c4ccccc4)c4ccccc4)c([2H])c3[2H])c([2H])c2[2H])c([2H])c([2H])c1Br.[2H]c1c([2H])c(-c2c([2H])c([2H])c(N(c3ccccc3)c3ccccc3-c3ccccc3)c([2H])c2[2H])c([2H])c([2H])c1-c1c([2H])c([2H])c(N(c2ccccc2)c2ccccc2)c([2H])c1[2H].c1ccc(Nc2ccccc2-c2ccccc2)cc1. The molecule has 19 aromatic rings. The third-order valence-electron chi connectivity index (χ3n) is 18.0. The van der Waals surface area contributed by atoms with Gasteiger partial charge in [-0.15, -0.1) is 0 Å². The van der Waals surface area contributed by atoms with Crippen molar-refractivity contribution in [3.05, 3.63) is 522 Å². The maximum atomic E-state index is 9.39. The minimum Gasteiger partial charge on any atom is -0.355 e. The fraction of sp³-hybridized carbons (Fsp3) is 0. The second-order valence-electron chi connectivity index (χ2n) is 26.0. The Kier molecular flexibility index (Phi) is 16.0. The van der Waals surface area contributed by atoms with Crippen LogP contribution >= 0.6 is 47.8 Å². The van der Waals surface area contributed by atoms with E-state index in [4.69, 9.17) is 35.6 Å². The van der Waals surface area contributed by atoms with Crippen molar-refractivity contribution < 1.29 is 49.3 Å². The van der Waals surface area contributed by atoms with Gasteiger partial charge in [-0.2, -0.15) is 0 Å². The molecule has 0 saturated heterocycles. The Labute approximate surface area is 786 Å². The van der Waals surface area contributed by atoms with E-state index < -0.39 is 284 Å². The van der Waals surface area contributed by atoms with Gasteiger partial charge in [-0.3, -0.25) is 0 Å². The molecule has 1 N–H and O–H groups in total. The summed E-state index contributed by atoms with van der Waals surface area (Å²) in [6, 6.07) is 69.2. The van der Waals surface area contributed by atoms with Crippen LogP contribution in [-0.4, -0.2) is 0 Å². The van der Waals surface area contributed by atoms with Crippen molar-refractivity contribution in [3.8, 4) is 89.0 Å². The largest absolute Gasteiger partial charge is 0.355 e. The molecule has 0 saturated carbocycles. The number of nitrogens with one attached hydrogen (secondary N) is 1. The van der Waals surface area contributed by atoms with E-state index in [0.717, 1.165) is 22.5 Å². The molecule has 19 aromatic carbocycles. The van der Waals surface area contributed by atoms with E-state index >= 15 is 0 Å². The summed E-state index contributed by atoms with van der Waals surface area (Å²) >= 11 is 8.94. The number of para-hydroxylation sites is 8. The first-order valence-corrected chi connectivity index (χ1v) is 39.9. The first-order chi connectivity index (χ1) is 74.8. The van der Waals surface area contributed by atoms with Crippen LogP contribution in [0.15, 0.2) is 522 Å². The summed E-state index contributed by atoms with van der Waals surface area (Å²) in [6.45, 7) is 0. The topological polar surface area (TPSA) is 21.8 Å². The Morgan fingerprint density at radius 2 is 0.364 bits per heavy atom. The summed E-state index contributed by atoms with van der Waals surface area (Å²) in [5.41, 5.74) is 3.84. The molecular weight excluding hydrogens is 1660 g/mol. The van der Waals surface area contributed by atoms with Gasteiger partial charge < -0.3 is 20.0 Å². The average molecular weight is 1790 g/mol. The fourth-order valence-electron chi connectivity index (χ4n) is 12.3. The van der Waals surface area contributed by atoms with Crippen LogP contribution in [0.1, 0.15) is 49.3 Å². The van der Waals surface area contributed by atoms with Crippen LogP contribution in [0.2, 0.25) is 0 Å². The van der Waals surface area contributed by atoms with Crippen LogP contribution in [0.4, 0.5) is 62.6 Å². The summed E-state index contributed by atoms with van der Waals surface area (Å²) in [5.74, 6) is 0. The van der Waals surface area contributed by atoms with Crippen molar-refractivity contribution in [2.24, 2.45) is 0 Å². The normalized spacial score (nSPS) is 14.8. The molecule has 0 fully saturated rings. The van der Waals surface area contributed by atoms with Crippen molar-refractivity contribution in [2.45, 2.75) is 0 Å². The van der Waals surface area contributed by atoms with Gasteiger partial charge in [-0.1, -0.05) is 399 Å². The van der Waals surface area contributed by atoms with Crippen molar-refractivity contribution in [1.29, 1.82) is 0 Å². The van der Waals surface area contributed by atoms with Crippen molar-refractivity contribution in [1.82, 2.24) is 0 Å². The predicted molar refractivity (Wildman–Crippen MR) is 526 cm³/mol. The van der Waals surface area contributed by atoms with Crippen LogP contribution in [0.3, 0.4) is 0 Å². The van der Waals surface area contributed by atoms with E-state index in [1.54, 1.807) is 160 Å². The lowest BCUT2D eigenvalue weighted by atomic mass is 9.99. The van der Waals surface area contributed by atoms with E-state index in [1.807, 2.05) is 84.9 Å². The van der Waals surface area contributed by atoms with Crippen LogP contribution in [-0.2, 0) is 0 Å². The van der Waals surface area contributed by atoms with Gasteiger partial charge in [0, 0.05) is 81.4 Å². The molecule has 0 aliphatic carbocycles. The summed E-state index contributed by atoms with van der Waals surface area (Å²) in [6.07, 6.45) is 0. The molecule has 7 heteroatoms. The minimum absolute atomic E-state index is 0.0773. The number of hydrogen-bond acceptors (Lipinski definition) is 4. The molecule has 0 bridgehead atoms. The molecule has 4 nitrogen and oxygen atoms in total. The Bertz CT molecular complexity index is 8370. The number of hydrogen-bond donors (Lipinski definition) is 1. The smallest absolute Gasteiger partial charge is 0.0645 e. The Hall–Kier alpha value is -14.2. The van der Waals surface area contributed by atoms with Gasteiger partial charge in [-0.05, 0) is 235 Å². The van der Waals surface area contributed by atoms with Crippen LogP contribution in [0.5, 0.6) is 0 Å². The number of benzene rings is 19. The van der Waals surface area contributed by atoms with Gasteiger partial charge in [0.15, 0.2) is 0 Å². The third-order valence-corrected chi connectivity index (χ3v) is 19.2. The molecule has 0 radical (unpaired) electrons. The standard InChI is InChI=1S/C48H36N2.C30H22BrN.C18H12Br2.C18H15N/c1-5-15-41(16-6-1)47-23-13-14-24-48(47)50(44-21-11-4-12-22-44)46-35-31-40(32-36-46)38-27-25-37(26-28-38)39-29-33-45(34-30-39)49(42-17-7-2-8-18-42)43-19-9-3-10-20-43;31-27-19-15-25(16-20-27)23-11-13-24(14-12-23)26-17-21-30(22-18-26)32(28-7-3-1-4-8-28)29-9-5-2-6-10-29;19-17-9-5-15(6-10-17)13-1-2-14(4-3-13)16-7-11-18(20)12-8-16;1-3-9-15(10-4-1)17-13-7-8-14-18(17)19-16-11-5-2-6-12-16/h1-36H;1-22H;1-12H;1-14,19H/i25D,26D,27D,28D,29D,30D,31D,32D,33D,34D,35D,36D;11D,12D,13D,14D,15D,16D,17D,18D,19D,20D,21D,22D;1D,2D,3D,4D,5D,6D,7D,8D,9D,10D,11D,12D;. The number of halogens is 3. The Balaban J connectivity index is 0.000000159. The summed E-state index contributed by atoms with van der Waals surface area (Å²) in [5, 5.41) is 3.47. The van der Waals surface area contributed by atoms with E-state index in [0.29, 0.717) is 34.1 Å².